The summed E-state index contributed by atoms with van der Waals surface area (Å²) in [4.78, 5) is 12.6. The number of anilines is 1. The van der Waals surface area contributed by atoms with Crippen molar-refractivity contribution >= 4 is 44.4 Å². The van der Waals surface area contributed by atoms with Crippen molar-refractivity contribution in [3.8, 4) is 0 Å². The summed E-state index contributed by atoms with van der Waals surface area (Å²) in [5.41, 5.74) is 0.849. The van der Waals surface area contributed by atoms with E-state index >= 15 is 0 Å². The van der Waals surface area contributed by atoms with Crippen molar-refractivity contribution in [3.63, 3.8) is 0 Å². The van der Waals surface area contributed by atoms with Gasteiger partial charge in [0.2, 0.25) is 0 Å². The number of para-hydroxylation sites is 1. The van der Waals surface area contributed by atoms with Crippen molar-refractivity contribution in [1.82, 2.24) is 14.1 Å². The number of aromatic nitrogens is 2. The van der Waals surface area contributed by atoms with Crippen LogP contribution in [0.1, 0.15) is 15.9 Å². The van der Waals surface area contributed by atoms with Crippen molar-refractivity contribution < 1.29 is 22.0 Å². The van der Waals surface area contributed by atoms with Gasteiger partial charge in [0, 0.05) is 18.2 Å². The molecule has 2 N–H and O–H groups in total. The first-order chi connectivity index (χ1) is 14.8. The summed E-state index contributed by atoms with van der Waals surface area (Å²) in [6.45, 7) is -0.199. The minimum Gasteiger partial charge on any atom is -0.348 e. The van der Waals surface area contributed by atoms with Crippen molar-refractivity contribution in [1.29, 1.82) is 0 Å². The Kier molecular flexibility index (Phi) is 5.61. The number of nitrogens with one attached hydrogen (secondary N) is 2. The van der Waals surface area contributed by atoms with Crippen LogP contribution in [0.15, 0.2) is 65.6 Å². The molecule has 1 aromatic heterocycles. The third-order valence-electron chi connectivity index (χ3n) is 4.41. The van der Waals surface area contributed by atoms with Crippen LogP contribution in [-0.4, -0.2) is 23.1 Å². The number of rotatable bonds is 6. The smallest absolute Gasteiger partial charge is 0.264 e. The molecule has 11 heteroatoms. The second-order valence-corrected chi connectivity index (χ2v) is 8.64. The highest BCUT2D eigenvalue weighted by Gasteiger charge is 2.22. The highest BCUT2D eigenvalue weighted by atomic mass is 32.2. The van der Waals surface area contributed by atoms with Crippen LogP contribution in [0.4, 0.5) is 14.5 Å². The number of halogens is 2. The van der Waals surface area contributed by atoms with Gasteiger partial charge in [0.25, 0.3) is 15.9 Å². The van der Waals surface area contributed by atoms with Crippen LogP contribution in [0.2, 0.25) is 0 Å². The molecule has 0 atom stereocenters. The lowest BCUT2D eigenvalue weighted by Gasteiger charge is -2.13. The molecule has 3 aromatic carbocycles. The number of hydrogen-bond donors (Lipinski definition) is 2. The standard InChI is InChI=1S/C20H14F2N4O3S2/c21-13-9-8-12(15(22)10-13)11-23-20(27)14-4-1-2-5-16(14)26-31(28,29)18-7-3-6-17-19(18)25-30-24-17/h1-10,26H,11H2,(H,23,27). The zero-order valence-electron chi connectivity index (χ0n) is 15.7. The van der Waals surface area contributed by atoms with Gasteiger partial charge in [-0.3, -0.25) is 9.52 Å². The molecule has 0 fully saturated rings. The fourth-order valence-corrected chi connectivity index (χ4v) is 4.75. The maximum Gasteiger partial charge on any atom is 0.264 e. The zero-order valence-corrected chi connectivity index (χ0v) is 17.3. The van der Waals surface area contributed by atoms with Crippen LogP contribution in [0.5, 0.6) is 0 Å². The van der Waals surface area contributed by atoms with Gasteiger partial charge in [-0.15, -0.1) is 0 Å². The van der Waals surface area contributed by atoms with E-state index in [1.807, 2.05) is 0 Å². The molecule has 0 spiro atoms. The maximum atomic E-state index is 13.8. The topological polar surface area (TPSA) is 101 Å². The molecule has 4 rings (SSSR count). The number of nitrogens with zero attached hydrogens (tertiary/aromatic N) is 2. The molecule has 31 heavy (non-hydrogen) atoms. The minimum absolute atomic E-state index is 0.0390. The molecular weight excluding hydrogens is 446 g/mol. The number of hydrogen-bond acceptors (Lipinski definition) is 6. The first kappa shape index (κ1) is 20.8. The van der Waals surface area contributed by atoms with E-state index in [9.17, 15) is 22.0 Å². The summed E-state index contributed by atoms with van der Waals surface area (Å²) < 4.78 is 63.2. The van der Waals surface area contributed by atoms with Crippen molar-refractivity contribution in [2.45, 2.75) is 11.4 Å². The number of benzene rings is 3. The number of sulfonamides is 1. The first-order valence-electron chi connectivity index (χ1n) is 8.90. The van der Waals surface area contributed by atoms with E-state index in [1.54, 1.807) is 24.3 Å². The van der Waals surface area contributed by atoms with E-state index < -0.39 is 27.6 Å². The lowest BCUT2D eigenvalue weighted by atomic mass is 10.1. The average Bonchev–Trinajstić information content (AvgIpc) is 3.22. The van der Waals surface area contributed by atoms with Crippen LogP contribution in [0.25, 0.3) is 11.0 Å². The minimum atomic E-state index is -4.07. The summed E-state index contributed by atoms with van der Waals surface area (Å²) in [5.74, 6) is -2.15. The lowest BCUT2D eigenvalue weighted by Crippen LogP contribution is -2.25. The van der Waals surface area contributed by atoms with Crippen LogP contribution < -0.4 is 10.0 Å². The van der Waals surface area contributed by atoms with Gasteiger partial charge in [-0.2, -0.15) is 8.75 Å². The monoisotopic (exact) mass is 460 g/mol. The highest BCUT2D eigenvalue weighted by molar-refractivity contribution is 7.93. The van der Waals surface area contributed by atoms with E-state index in [4.69, 9.17) is 0 Å². The van der Waals surface area contributed by atoms with Crippen LogP contribution in [0, 0.1) is 11.6 Å². The molecule has 1 amide bonds. The number of carbonyl (C=O) groups is 1. The Morgan fingerprint density at radius 3 is 2.61 bits per heavy atom. The third-order valence-corrected chi connectivity index (χ3v) is 6.35. The van der Waals surface area contributed by atoms with Crippen LogP contribution in [0.3, 0.4) is 0 Å². The maximum absolute atomic E-state index is 13.8. The normalized spacial score (nSPS) is 11.4. The molecule has 0 unspecified atom stereocenters. The second kappa shape index (κ2) is 8.36. The molecule has 0 aliphatic rings. The molecule has 158 valence electrons. The molecule has 0 saturated carbocycles. The van der Waals surface area contributed by atoms with Crippen molar-refractivity contribution in [2.75, 3.05) is 4.72 Å². The highest BCUT2D eigenvalue weighted by Crippen LogP contribution is 2.25. The van der Waals surface area contributed by atoms with Gasteiger partial charge in [-0.25, -0.2) is 17.2 Å². The van der Waals surface area contributed by atoms with Gasteiger partial charge in [0.15, 0.2) is 0 Å². The van der Waals surface area contributed by atoms with Gasteiger partial charge < -0.3 is 5.32 Å². The Morgan fingerprint density at radius 2 is 1.81 bits per heavy atom. The van der Waals surface area contributed by atoms with E-state index in [0.717, 1.165) is 23.9 Å². The lowest BCUT2D eigenvalue weighted by molar-refractivity contribution is 0.0951. The molecule has 0 aliphatic heterocycles. The van der Waals surface area contributed by atoms with Gasteiger partial charge in [-0.05, 0) is 30.3 Å². The van der Waals surface area contributed by atoms with E-state index in [2.05, 4.69) is 18.8 Å². The Morgan fingerprint density at radius 1 is 1.00 bits per heavy atom. The van der Waals surface area contributed by atoms with Gasteiger partial charge in [-0.1, -0.05) is 24.3 Å². The summed E-state index contributed by atoms with van der Waals surface area (Å²) in [6, 6.07) is 13.6. The van der Waals surface area contributed by atoms with E-state index in [1.165, 1.54) is 24.3 Å². The average molecular weight is 460 g/mol. The van der Waals surface area contributed by atoms with Crippen LogP contribution in [-0.2, 0) is 16.6 Å². The first-order valence-corrected chi connectivity index (χ1v) is 11.1. The Bertz CT molecular complexity index is 1390. The Balaban J connectivity index is 1.58. The fourth-order valence-electron chi connectivity index (χ4n) is 2.90. The SMILES string of the molecule is O=C(NCc1ccc(F)cc1F)c1ccccc1NS(=O)(=O)c1cccc2nsnc12. The van der Waals surface area contributed by atoms with Crippen molar-refractivity contribution in [3.05, 3.63) is 83.4 Å². The molecule has 4 aromatic rings. The molecule has 7 nitrogen and oxygen atoms in total. The number of fused-ring (bicyclic) bond motifs is 1. The zero-order chi connectivity index (χ0) is 22.0. The molecule has 0 aliphatic carbocycles. The van der Waals surface area contributed by atoms with Gasteiger partial charge in [0.05, 0.1) is 23.0 Å². The summed E-state index contributed by atoms with van der Waals surface area (Å²) in [6.07, 6.45) is 0. The predicted octanol–water partition coefficient (Wildman–Crippen LogP) is 3.70. The third kappa shape index (κ3) is 4.37. The molecule has 0 radical (unpaired) electrons. The number of amides is 1. The molecule has 0 saturated heterocycles. The quantitative estimate of drug-likeness (QED) is 0.457. The fraction of sp³-hybridized carbons (Fsp3) is 0.0500. The predicted molar refractivity (Wildman–Crippen MR) is 112 cm³/mol. The largest absolute Gasteiger partial charge is 0.348 e. The molecular formula is C20H14F2N4O3S2. The Labute approximate surface area is 180 Å². The summed E-state index contributed by atoms with van der Waals surface area (Å²) in [7, 11) is -4.07. The Hall–Kier alpha value is -3.44. The van der Waals surface area contributed by atoms with Gasteiger partial charge >= 0.3 is 0 Å². The number of carbonyl (C=O) groups excluding carboxylic acids is 1. The summed E-state index contributed by atoms with van der Waals surface area (Å²) >= 11 is 0.894. The summed E-state index contributed by atoms with van der Waals surface area (Å²) in [5, 5.41) is 2.51. The molecule has 1 heterocycles. The second-order valence-electron chi connectivity index (χ2n) is 6.46. The van der Waals surface area contributed by atoms with E-state index in [-0.39, 0.29) is 33.8 Å². The van der Waals surface area contributed by atoms with Gasteiger partial charge in [0.1, 0.15) is 27.6 Å². The molecule has 0 bridgehead atoms. The van der Waals surface area contributed by atoms with Crippen molar-refractivity contribution in [2.24, 2.45) is 0 Å². The van der Waals surface area contributed by atoms with E-state index in [0.29, 0.717) is 5.52 Å². The van der Waals surface area contributed by atoms with Crippen LogP contribution >= 0.6 is 11.7 Å².